The molecule has 8 unspecified atom stereocenters. The first-order chi connectivity index (χ1) is 66.9. The van der Waals surface area contributed by atoms with E-state index < -0.39 is 0 Å². The number of rotatable bonds is 52. The second-order valence-electron chi connectivity index (χ2n) is 53.9. The van der Waals surface area contributed by atoms with Crippen molar-refractivity contribution >= 4 is 0 Å². The summed E-state index contributed by atoms with van der Waals surface area (Å²) in [7, 11) is 0. The molecule has 0 heterocycles. The van der Waals surface area contributed by atoms with Crippen molar-refractivity contribution in [3.63, 3.8) is 0 Å². The fourth-order valence-electron chi connectivity index (χ4n) is 36.5. The Morgan fingerprint density at radius 1 is 0.169 bits per heavy atom. The summed E-state index contributed by atoms with van der Waals surface area (Å²) < 4.78 is 26.9. The molecule has 0 aromatic rings. The van der Waals surface area contributed by atoms with Gasteiger partial charge in [-0.25, -0.2) is 0 Å². The Balaban J connectivity index is 0.704. The molecular formula is C128H230N4O4. The lowest BCUT2D eigenvalue weighted by Crippen LogP contribution is -2.72. The van der Waals surface area contributed by atoms with Crippen LogP contribution < -0.4 is 0 Å². The van der Waals surface area contributed by atoms with Gasteiger partial charge in [-0.1, -0.05) is 184 Å². The zero-order valence-electron chi connectivity index (χ0n) is 91.9. The summed E-state index contributed by atoms with van der Waals surface area (Å²) in [5.74, 6) is 16.4. The minimum absolute atomic E-state index is 0.534. The van der Waals surface area contributed by atoms with Crippen molar-refractivity contribution in [1.29, 1.82) is 0 Å². The number of hydrogen-bond acceptors (Lipinski definition) is 8. The quantitative estimate of drug-likeness (QED) is 0.0559. The number of hydrogen-bond donors (Lipinski definition) is 0. The van der Waals surface area contributed by atoms with E-state index in [1.807, 2.05) is 0 Å². The zero-order valence-corrected chi connectivity index (χ0v) is 91.9. The Morgan fingerprint density at radius 3 is 0.500 bits per heavy atom. The van der Waals surface area contributed by atoms with E-state index in [1.165, 1.54) is 488 Å². The molecule has 16 rings (SSSR count). The summed E-state index contributed by atoms with van der Waals surface area (Å²) in [6.45, 7) is 24.2. The van der Waals surface area contributed by atoms with E-state index in [0.717, 1.165) is 205 Å². The van der Waals surface area contributed by atoms with Gasteiger partial charge in [0, 0.05) is 98.9 Å². The van der Waals surface area contributed by atoms with Gasteiger partial charge < -0.3 is 18.9 Å². The largest absolute Gasteiger partial charge is 0.378 e. The molecule has 0 N–H and O–H groups in total. The molecule has 16 fully saturated rings. The van der Waals surface area contributed by atoms with Gasteiger partial charge in [-0.15, -0.1) is 0 Å². The molecule has 0 saturated heterocycles. The smallest absolute Gasteiger partial charge is 0.0575 e. The van der Waals surface area contributed by atoms with Crippen LogP contribution in [0.1, 0.15) is 582 Å². The van der Waals surface area contributed by atoms with Gasteiger partial charge in [0.25, 0.3) is 0 Å². The van der Waals surface area contributed by atoms with E-state index in [2.05, 4.69) is 75.0 Å². The first-order valence-corrected chi connectivity index (χ1v) is 64.5. The van der Waals surface area contributed by atoms with Crippen LogP contribution in [0.25, 0.3) is 0 Å². The van der Waals surface area contributed by atoms with Crippen molar-refractivity contribution in [3.05, 3.63) is 0 Å². The van der Waals surface area contributed by atoms with Crippen molar-refractivity contribution in [2.45, 2.75) is 679 Å². The maximum absolute atomic E-state index is 6.72. The lowest BCUT2D eigenvalue weighted by Gasteiger charge is -2.69. The highest BCUT2D eigenvalue weighted by molar-refractivity contribution is 5.17. The minimum Gasteiger partial charge on any atom is -0.378 e. The van der Waals surface area contributed by atoms with Crippen LogP contribution in [-0.4, -0.2) is 143 Å². The maximum atomic E-state index is 6.72. The lowest BCUT2D eigenvalue weighted by atomic mass is 9.44. The molecule has 0 aromatic carbocycles. The molecule has 0 spiro atoms. The van der Waals surface area contributed by atoms with Gasteiger partial charge in [0.2, 0.25) is 0 Å². The van der Waals surface area contributed by atoms with Gasteiger partial charge in [0.1, 0.15) is 0 Å². The predicted octanol–water partition coefficient (Wildman–Crippen LogP) is 35.6. The van der Waals surface area contributed by atoms with Gasteiger partial charge in [0.05, 0.1) is 24.4 Å². The van der Waals surface area contributed by atoms with E-state index in [0.29, 0.717) is 24.4 Å². The molecule has 8 heteroatoms. The summed E-state index contributed by atoms with van der Waals surface area (Å²) >= 11 is 0. The molecule has 0 bridgehead atoms. The topological polar surface area (TPSA) is 49.9 Å². The standard InChI is InChI=1S/C128H230N4O4/c1-9-13-17-21-25-29-85-133-115-73-49-103(50-74-115)89-99-41-65-111(66-42-99)129(107-57-33-95(5)34-58-107)123-93-124(130(108-59-35-96(6)36-60-108)112-67-43-100(44-68-112)90-104-51-75-116(76-52-104)134-86-30-26-22-18-14-10-2)120-83-84-122-126(132(110-63-39-98(8)40-64-110)114-71-47-102(48-72-114)92-106-55-79-118(80-56-106)136-88-32-28-24-20-16-12-4)94-125(121-82-81-119(123)127(120)128(121)122)131(109-61-37-97(7)38-62-109)113-69-45-101(46-70-113)91-105-53-77-117(78-54-105)135-87-31-27-23-19-15-11-3/h95-128H,9-94H2,1-8H3. The van der Waals surface area contributed by atoms with Crippen LogP contribution in [0.5, 0.6) is 0 Å². The van der Waals surface area contributed by atoms with E-state index in [-0.39, 0.29) is 0 Å². The summed E-state index contributed by atoms with van der Waals surface area (Å²) in [5.41, 5.74) is 0. The highest BCUT2D eigenvalue weighted by Gasteiger charge is 2.65. The second kappa shape index (κ2) is 58.0. The molecule has 8 atom stereocenters. The van der Waals surface area contributed by atoms with Crippen LogP contribution in [0, 0.1) is 107 Å². The fourth-order valence-corrected chi connectivity index (χ4v) is 36.5. The third kappa shape index (κ3) is 31.4. The van der Waals surface area contributed by atoms with Crippen LogP contribution in [-0.2, 0) is 18.9 Å². The Kier molecular flexibility index (Phi) is 46.2. The average Bonchev–Trinajstić information content (AvgIpc) is 0.698. The molecule has 786 valence electrons. The van der Waals surface area contributed by atoms with Crippen molar-refractivity contribution in [1.82, 2.24) is 19.6 Å². The molecule has 136 heavy (non-hydrogen) atoms. The highest BCUT2D eigenvalue weighted by Crippen LogP contribution is 2.66. The van der Waals surface area contributed by atoms with E-state index >= 15 is 0 Å². The molecule has 16 aliphatic rings. The Morgan fingerprint density at radius 2 is 0.324 bits per heavy atom. The Hall–Kier alpha value is -0.320. The van der Waals surface area contributed by atoms with E-state index in [9.17, 15) is 0 Å². The van der Waals surface area contributed by atoms with Gasteiger partial charge in [-0.05, 0) is 505 Å². The highest BCUT2D eigenvalue weighted by atomic mass is 16.5. The van der Waals surface area contributed by atoms with E-state index in [1.54, 1.807) is 38.5 Å². The average molecular weight is 1890 g/mol. The molecule has 0 amide bonds. The minimum atomic E-state index is 0.534. The SMILES string of the molecule is CCCCCCCCOC1CCC(CC2CCC(N(C3CCC(C)CC3)C3CC(N(C4CCC(C)CC4)C4CCC(CC5CCC(OCCCCCCCC)CC5)CC4)C4CCC5C6C(CCC3C46)C(N(C3CCC(C)CC3)C3CCC(CC4CCC(OCCCCCCCC)CC4)CC3)CC5N(C3CCC(C)CC3)C3CCC(CC4CCC(OCCCCCCCC)CC4)CC3)CC2)CC1. The summed E-state index contributed by atoms with van der Waals surface area (Å²) in [4.78, 5) is 14.8. The molecule has 0 aliphatic heterocycles. The predicted molar refractivity (Wildman–Crippen MR) is 579 cm³/mol. The molecule has 0 radical (unpaired) electrons. The monoisotopic (exact) mass is 1890 g/mol. The van der Waals surface area contributed by atoms with Gasteiger partial charge in [0.15, 0.2) is 0 Å². The number of unbranched alkanes of at least 4 members (excludes halogenated alkanes) is 20. The maximum Gasteiger partial charge on any atom is 0.0575 e. The van der Waals surface area contributed by atoms with Gasteiger partial charge >= 0.3 is 0 Å². The van der Waals surface area contributed by atoms with Crippen molar-refractivity contribution < 1.29 is 18.9 Å². The Bertz CT molecular complexity index is 2680. The molecule has 16 saturated carbocycles. The molecular weight excluding hydrogens is 1660 g/mol. The molecule has 16 aliphatic carbocycles. The summed E-state index contributed by atoms with van der Waals surface area (Å²) in [5, 5.41) is 0. The van der Waals surface area contributed by atoms with Crippen LogP contribution in [0.4, 0.5) is 0 Å². The zero-order chi connectivity index (χ0) is 93.6. The van der Waals surface area contributed by atoms with Crippen molar-refractivity contribution in [2.24, 2.45) is 107 Å². The van der Waals surface area contributed by atoms with Gasteiger partial charge in [-0.3, -0.25) is 19.6 Å². The van der Waals surface area contributed by atoms with Crippen molar-refractivity contribution in [3.8, 4) is 0 Å². The van der Waals surface area contributed by atoms with Crippen LogP contribution in [0.3, 0.4) is 0 Å². The van der Waals surface area contributed by atoms with E-state index in [4.69, 9.17) is 18.9 Å². The normalized spacial score (nSPS) is 40.7. The summed E-state index contributed by atoms with van der Waals surface area (Å²) in [6, 6.07) is 9.40. The Labute approximate surface area is 844 Å². The molecule has 8 nitrogen and oxygen atoms in total. The molecule has 0 aromatic heterocycles. The first kappa shape index (κ1) is 108. The van der Waals surface area contributed by atoms with Crippen LogP contribution in [0.2, 0.25) is 0 Å². The third-order valence-electron chi connectivity index (χ3n) is 44.4. The number of nitrogens with zero attached hydrogens (tertiary/aromatic N) is 4. The van der Waals surface area contributed by atoms with Crippen LogP contribution >= 0.6 is 0 Å². The van der Waals surface area contributed by atoms with Crippen LogP contribution in [0.15, 0.2) is 0 Å². The third-order valence-corrected chi connectivity index (χ3v) is 44.4. The number of ether oxygens (including phenoxy) is 4. The second-order valence-corrected chi connectivity index (χ2v) is 53.9. The lowest BCUT2D eigenvalue weighted by molar-refractivity contribution is -0.197. The van der Waals surface area contributed by atoms with Crippen molar-refractivity contribution in [2.75, 3.05) is 26.4 Å². The first-order valence-electron chi connectivity index (χ1n) is 64.5. The summed E-state index contributed by atoms with van der Waals surface area (Å²) in [6.07, 6.45) is 121. The fraction of sp³-hybridized carbons (Fsp3) is 1.00. The van der Waals surface area contributed by atoms with Gasteiger partial charge in [-0.2, -0.15) is 0 Å².